The average Bonchev–Trinajstić information content (AvgIpc) is 3.22. The number of aromatic nitrogens is 3. The van der Waals surface area contributed by atoms with E-state index in [0.29, 0.717) is 5.92 Å². The molecule has 0 unspecified atom stereocenters. The van der Waals surface area contributed by atoms with Gasteiger partial charge in [0.2, 0.25) is 0 Å². The van der Waals surface area contributed by atoms with Gasteiger partial charge in [-0.05, 0) is 34.8 Å². The molecule has 3 rings (SSSR count). The van der Waals surface area contributed by atoms with Crippen LogP contribution in [-0.4, -0.2) is 15.0 Å². The van der Waals surface area contributed by atoms with Crippen molar-refractivity contribution in [2.24, 2.45) is 0 Å². The van der Waals surface area contributed by atoms with Gasteiger partial charge in [-0.3, -0.25) is 4.98 Å². The Labute approximate surface area is 122 Å². The van der Waals surface area contributed by atoms with Gasteiger partial charge in [0.25, 0.3) is 0 Å². The van der Waals surface area contributed by atoms with Crippen molar-refractivity contribution >= 4 is 31.9 Å². The maximum Gasteiger partial charge on any atom is 0.160 e. The van der Waals surface area contributed by atoms with Crippen LogP contribution < -0.4 is 0 Å². The van der Waals surface area contributed by atoms with Gasteiger partial charge in [0.1, 0.15) is 0 Å². The Balaban J connectivity index is 2.05. The third-order valence-corrected chi connectivity index (χ3v) is 4.01. The van der Waals surface area contributed by atoms with Gasteiger partial charge in [-0.15, -0.1) is 0 Å². The number of rotatable bonds is 3. The zero-order valence-electron chi connectivity index (χ0n) is 9.61. The van der Waals surface area contributed by atoms with E-state index in [2.05, 4.69) is 41.8 Å². The summed E-state index contributed by atoms with van der Waals surface area (Å²) in [6, 6.07) is 1.99. The van der Waals surface area contributed by atoms with Crippen LogP contribution in [0.5, 0.6) is 0 Å². The fourth-order valence-electron chi connectivity index (χ4n) is 1.91. The molecule has 1 saturated carbocycles. The predicted molar refractivity (Wildman–Crippen MR) is 77.6 cm³/mol. The van der Waals surface area contributed by atoms with Crippen molar-refractivity contribution in [1.29, 1.82) is 0 Å². The van der Waals surface area contributed by atoms with Gasteiger partial charge in [0, 0.05) is 45.4 Å². The molecule has 1 fully saturated rings. The number of hydrogen-bond donors (Lipinski definition) is 0. The Bertz CT molecular complexity index is 582. The summed E-state index contributed by atoms with van der Waals surface area (Å²) in [4.78, 5) is 13.3. The SMILES string of the molecule is BrCc1cnc(-c2cncc(Br)c2)nc1C1CC1. The topological polar surface area (TPSA) is 38.7 Å². The van der Waals surface area contributed by atoms with E-state index in [1.807, 2.05) is 12.3 Å². The molecule has 0 saturated heterocycles. The minimum atomic E-state index is 0.624. The van der Waals surface area contributed by atoms with Gasteiger partial charge in [-0.2, -0.15) is 0 Å². The molecule has 3 nitrogen and oxygen atoms in total. The fraction of sp³-hybridized carbons (Fsp3) is 0.308. The van der Waals surface area contributed by atoms with Crippen molar-refractivity contribution in [3.05, 3.63) is 40.4 Å². The summed E-state index contributed by atoms with van der Waals surface area (Å²) in [5.41, 5.74) is 3.34. The van der Waals surface area contributed by atoms with Gasteiger partial charge < -0.3 is 0 Å². The van der Waals surface area contributed by atoms with Crippen molar-refractivity contribution in [3.63, 3.8) is 0 Å². The van der Waals surface area contributed by atoms with E-state index in [4.69, 9.17) is 4.98 Å². The molecule has 5 heteroatoms. The molecular formula is C13H11Br2N3. The van der Waals surface area contributed by atoms with Gasteiger partial charge in [0.15, 0.2) is 5.82 Å². The van der Waals surface area contributed by atoms with Crippen LogP contribution in [-0.2, 0) is 5.33 Å². The van der Waals surface area contributed by atoms with Crippen LogP contribution in [0.1, 0.15) is 30.0 Å². The second-order valence-electron chi connectivity index (χ2n) is 4.40. The highest BCUT2D eigenvalue weighted by Crippen LogP contribution is 2.41. The van der Waals surface area contributed by atoms with E-state index in [-0.39, 0.29) is 0 Å². The maximum atomic E-state index is 4.71. The molecule has 2 heterocycles. The van der Waals surface area contributed by atoms with Gasteiger partial charge in [-0.1, -0.05) is 15.9 Å². The summed E-state index contributed by atoms with van der Waals surface area (Å²) < 4.78 is 0.945. The molecule has 0 aromatic carbocycles. The Morgan fingerprint density at radius 2 is 2.06 bits per heavy atom. The second-order valence-corrected chi connectivity index (χ2v) is 5.88. The van der Waals surface area contributed by atoms with Crippen molar-refractivity contribution in [3.8, 4) is 11.4 Å². The highest BCUT2D eigenvalue weighted by molar-refractivity contribution is 9.10. The van der Waals surface area contributed by atoms with E-state index in [1.54, 1.807) is 12.4 Å². The average molecular weight is 369 g/mol. The smallest absolute Gasteiger partial charge is 0.160 e. The van der Waals surface area contributed by atoms with Crippen LogP contribution in [0.3, 0.4) is 0 Å². The molecule has 92 valence electrons. The summed E-state index contributed by atoms with van der Waals surface area (Å²) in [5, 5.41) is 0.815. The van der Waals surface area contributed by atoms with E-state index in [0.717, 1.165) is 21.2 Å². The Morgan fingerprint density at radius 3 is 2.72 bits per heavy atom. The molecule has 1 aliphatic carbocycles. The lowest BCUT2D eigenvalue weighted by Gasteiger charge is -2.07. The highest BCUT2D eigenvalue weighted by Gasteiger charge is 2.28. The standard InChI is InChI=1S/C13H11Br2N3/c14-4-10-6-17-13(18-12(10)8-1-2-8)9-3-11(15)7-16-5-9/h3,5-8H,1-2,4H2. The van der Waals surface area contributed by atoms with Crippen LogP contribution in [0.25, 0.3) is 11.4 Å². The van der Waals surface area contributed by atoms with E-state index < -0.39 is 0 Å². The summed E-state index contributed by atoms with van der Waals surface area (Å²) in [7, 11) is 0. The molecule has 0 atom stereocenters. The minimum absolute atomic E-state index is 0.624. The summed E-state index contributed by atoms with van der Waals surface area (Å²) in [6.45, 7) is 0. The second kappa shape index (κ2) is 5.05. The number of halogens is 2. The normalized spacial score (nSPS) is 14.8. The lowest BCUT2D eigenvalue weighted by atomic mass is 10.1. The quantitative estimate of drug-likeness (QED) is 0.766. The van der Waals surface area contributed by atoms with E-state index in [1.165, 1.54) is 24.1 Å². The summed E-state index contributed by atoms with van der Waals surface area (Å²) >= 11 is 6.92. The van der Waals surface area contributed by atoms with E-state index >= 15 is 0 Å². The molecule has 1 aliphatic rings. The van der Waals surface area contributed by atoms with Crippen LogP contribution in [0.2, 0.25) is 0 Å². The molecule has 0 aliphatic heterocycles. The molecule has 2 aromatic heterocycles. The third kappa shape index (κ3) is 2.47. The summed E-state index contributed by atoms with van der Waals surface area (Å²) in [6.07, 6.45) is 7.97. The molecule has 2 aromatic rings. The molecule has 18 heavy (non-hydrogen) atoms. The number of nitrogens with zero attached hydrogens (tertiary/aromatic N) is 3. The van der Waals surface area contributed by atoms with Crippen molar-refractivity contribution < 1.29 is 0 Å². The van der Waals surface area contributed by atoms with Crippen LogP contribution in [0.4, 0.5) is 0 Å². The monoisotopic (exact) mass is 367 g/mol. The first-order chi connectivity index (χ1) is 8.78. The maximum absolute atomic E-state index is 4.71. The lowest BCUT2D eigenvalue weighted by Crippen LogP contribution is -1.99. The summed E-state index contributed by atoms with van der Waals surface area (Å²) in [5.74, 6) is 1.38. The van der Waals surface area contributed by atoms with Crippen LogP contribution >= 0.6 is 31.9 Å². The van der Waals surface area contributed by atoms with Gasteiger partial charge >= 0.3 is 0 Å². The van der Waals surface area contributed by atoms with Crippen molar-refractivity contribution in [1.82, 2.24) is 15.0 Å². The first-order valence-corrected chi connectivity index (χ1v) is 7.72. The Kier molecular flexibility index (Phi) is 3.43. The number of hydrogen-bond acceptors (Lipinski definition) is 3. The molecular weight excluding hydrogens is 358 g/mol. The molecule has 0 amide bonds. The van der Waals surface area contributed by atoms with E-state index in [9.17, 15) is 0 Å². The van der Waals surface area contributed by atoms with Gasteiger partial charge in [0.05, 0.1) is 5.69 Å². The first kappa shape index (κ1) is 12.2. The highest BCUT2D eigenvalue weighted by atomic mass is 79.9. The number of alkyl halides is 1. The largest absolute Gasteiger partial charge is 0.263 e. The Hall–Kier alpha value is -0.810. The molecule has 0 N–H and O–H groups in total. The lowest BCUT2D eigenvalue weighted by molar-refractivity contribution is 0.961. The Morgan fingerprint density at radius 1 is 1.22 bits per heavy atom. The number of pyridine rings is 1. The van der Waals surface area contributed by atoms with Gasteiger partial charge in [-0.25, -0.2) is 9.97 Å². The van der Waals surface area contributed by atoms with Crippen molar-refractivity contribution in [2.75, 3.05) is 0 Å². The minimum Gasteiger partial charge on any atom is -0.263 e. The van der Waals surface area contributed by atoms with Crippen molar-refractivity contribution in [2.45, 2.75) is 24.1 Å². The first-order valence-electron chi connectivity index (χ1n) is 5.80. The zero-order valence-corrected chi connectivity index (χ0v) is 12.8. The molecule has 0 radical (unpaired) electrons. The molecule has 0 bridgehead atoms. The zero-order chi connectivity index (χ0) is 12.5. The van der Waals surface area contributed by atoms with Crippen LogP contribution in [0, 0.1) is 0 Å². The van der Waals surface area contributed by atoms with Crippen LogP contribution in [0.15, 0.2) is 29.1 Å². The fourth-order valence-corrected chi connectivity index (χ4v) is 2.70. The third-order valence-electron chi connectivity index (χ3n) is 2.97. The predicted octanol–water partition coefficient (Wildman–Crippen LogP) is 4.07. The molecule has 0 spiro atoms.